The molecular formula is C15H17N5O5. The summed E-state index contributed by atoms with van der Waals surface area (Å²) >= 11 is 0. The molecule has 0 aliphatic carbocycles. The quantitative estimate of drug-likeness (QED) is 0.487. The van der Waals surface area contributed by atoms with E-state index in [1.54, 1.807) is 12.3 Å². The molecule has 4 rings (SSSR count). The molecule has 4 heterocycles. The van der Waals surface area contributed by atoms with E-state index in [2.05, 4.69) is 20.3 Å². The fourth-order valence-electron chi connectivity index (χ4n) is 2.86. The molecule has 0 unspecified atom stereocenters. The van der Waals surface area contributed by atoms with E-state index >= 15 is 0 Å². The lowest BCUT2D eigenvalue weighted by Crippen LogP contribution is -2.33. The maximum Gasteiger partial charge on any atom is 0.167 e. The first-order chi connectivity index (χ1) is 12.2. The van der Waals surface area contributed by atoms with Crippen LogP contribution in [0.1, 0.15) is 12.0 Å². The molecule has 4 atom stereocenters. The highest BCUT2D eigenvalue weighted by Gasteiger charge is 2.44. The molecule has 3 aromatic heterocycles. The van der Waals surface area contributed by atoms with E-state index in [0.717, 1.165) is 5.76 Å². The average Bonchev–Trinajstić information content (AvgIpc) is 3.34. The van der Waals surface area contributed by atoms with Gasteiger partial charge in [0.1, 0.15) is 30.4 Å². The number of anilines is 1. The van der Waals surface area contributed by atoms with Crippen LogP contribution in [-0.4, -0.2) is 59.8 Å². The Morgan fingerprint density at radius 3 is 2.80 bits per heavy atom. The SMILES string of the molecule is OC[C@@H]1O[C@@H](n2cnc3c(NCc4ccco4)ncnc32)[C@H](O)[C@H]1O. The number of rotatable bonds is 5. The van der Waals surface area contributed by atoms with Gasteiger partial charge in [-0.3, -0.25) is 4.57 Å². The number of hydrogen-bond donors (Lipinski definition) is 4. The summed E-state index contributed by atoms with van der Waals surface area (Å²) in [4.78, 5) is 12.7. The molecule has 1 aliphatic rings. The lowest BCUT2D eigenvalue weighted by atomic mass is 10.1. The minimum absolute atomic E-state index is 0.397. The predicted molar refractivity (Wildman–Crippen MR) is 84.4 cm³/mol. The van der Waals surface area contributed by atoms with Gasteiger partial charge in [-0.25, -0.2) is 15.0 Å². The van der Waals surface area contributed by atoms with Crippen molar-refractivity contribution in [3.8, 4) is 0 Å². The van der Waals surface area contributed by atoms with Crippen LogP contribution in [0.2, 0.25) is 0 Å². The average molecular weight is 347 g/mol. The van der Waals surface area contributed by atoms with Gasteiger partial charge < -0.3 is 29.8 Å². The number of hydrogen-bond acceptors (Lipinski definition) is 9. The second-order valence-corrected chi connectivity index (χ2v) is 5.71. The summed E-state index contributed by atoms with van der Waals surface area (Å²) < 4.78 is 12.3. The van der Waals surface area contributed by atoms with Gasteiger partial charge in [-0.15, -0.1) is 0 Å². The Hall–Kier alpha value is -2.53. The van der Waals surface area contributed by atoms with E-state index in [4.69, 9.17) is 9.15 Å². The maximum atomic E-state index is 10.2. The van der Waals surface area contributed by atoms with Gasteiger partial charge in [-0.05, 0) is 12.1 Å². The van der Waals surface area contributed by atoms with Crippen molar-refractivity contribution >= 4 is 17.0 Å². The summed E-state index contributed by atoms with van der Waals surface area (Å²) in [7, 11) is 0. The van der Waals surface area contributed by atoms with Crippen molar-refractivity contribution in [2.24, 2.45) is 0 Å². The molecule has 0 bridgehead atoms. The van der Waals surface area contributed by atoms with Gasteiger partial charge in [-0.1, -0.05) is 0 Å². The minimum Gasteiger partial charge on any atom is -0.467 e. The number of furan rings is 1. The van der Waals surface area contributed by atoms with E-state index in [1.165, 1.54) is 17.2 Å². The number of ether oxygens (including phenoxy) is 1. The zero-order valence-electron chi connectivity index (χ0n) is 13.1. The number of nitrogens with zero attached hydrogens (tertiary/aromatic N) is 4. The van der Waals surface area contributed by atoms with Crippen molar-refractivity contribution in [3.05, 3.63) is 36.8 Å². The van der Waals surface area contributed by atoms with Crippen molar-refractivity contribution < 1.29 is 24.5 Å². The molecule has 0 spiro atoms. The number of aliphatic hydroxyl groups is 3. The van der Waals surface area contributed by atoms with Gasteiger partial charge >= 0.3 is 0 Å². The Labute approximate surface area is 141 Å². The van der Waals surface area contributed by atoms with E-state index in [1.807, 2.05) is 6.07 Å². The third-order valence-corrected chi connectivity index (χ3v) is 4.16. The zero-order valence-corrected chi connectivity index (χ0v) is 13.1. The molecule has 0 radical (unpaired) electrons. The Kier molecular flexibility index (Phi) is 4.09. The van der Waals surface area contributed by atoms with Crippen LogP contribution in [0.25, 0.3) is 11.2 Å². The van der Waals surface area contributed by atoms with E-state index in [0.29, 0.717) is 23.5 Å². The first kappa shape index (κ1) is 16.0. The van der Waals surface area contributed by atoms with Crippen LogP contribution >= 0.6 is 0 Å². The lowest BCUT2D eigenvalue weighted by Gasteiger charge is -2.16. The van der Waals surface area contributed by atoms with Gasteiger partial charge in [0, 0.05) is 0 Å². The van der Waals surface area contributed by atoms with Crippen molar-refractivity contribution in [1.29, 1.82) is 0 Å². The third-order valence-electron chi connectivity index (χ3n) is 4.16. The monoisotopic (exact) mass is 347 g/mol. The maximum absolute atomic E-state index is 10.2. The zero-order chi connectivity index (χ0) is 17.4. The molecule has 10 nitrogen and oxygen atoms in total. The second-order valence-electron chi connectivity index (χ2n) is 5.71. The number of fused-ring (bicyclic) bond motifs is 1. The minimum atomic E-state index is -1.20. The van der Waals surface area contributed by atoms with Crippen molar-refractivity contribution in [1.82, 2.24) is 19.5 Å². The number of aromatic nitrogens is 4. The molecule has 0 saturated carbocycles. The van der Waals surface area contributed by atoms with Crippen LogP contribution in [-0.2, 0) is 11.3 Å². The fourth-order valence-corrected chi connectivity index (χ4v) is 2.86. The summed E-state index contributed by atoms with van der Waals surface area (Å²) in [6.45, 7) is 0.0338. The molecule has 132 valence electrons. The molecule has 0 amide bonds. The van der Waals surface area contributed by atoms with Gasteiger partial charge in [0.25, 0.3) is 0 Å². The van der Waals surface area contributed by atoms with Gasteiger partial charge in [0.2, 0.25) is 0 Å². The van der Waals surface area contributed by atoms with E-state index in [-0.39, 0.29) is 0 Å². The molecule has 1 saturated heterocycles. The molecule has 25 heavy (non-hydrogen) atoms. The lowest BCUT2D eigenvalue weighted by molar-refractivity contribution is -0.0511. The third kappa shape index (κ3) is 2.74. The molecule has 4 N–H and O–H groups in total. The Balaban J connectivity index is 1.63. The van der Waals surface area contributed by atoms with Crippen molar-refractivity contribution in [2.45, 2.75) is 31.1 Å². The summed E-state index contributed by atoms with van der Waals surface area (Å²) in [5.74, 6) is 1.25. The smallest absolute Gasteiger partial charge is 0.167 e. The van der Waals surface area contributed by atoms with E-state index in [9.17, 15) is 15.3 Å². The van der Waals surface area contributed by atoms with Crippen molar-refractivity contribution in [2.75, 3.05) is 11.9 Å². The fraction of sp³-hybridized carbons (Fsp3) is 0.400. The standard InChI is InChI=1S/C15H17N5O5/c21-5-9-11(22)12(23)15(25-9)20-7-19-10-13(17-6-18-14(10)20)16-4-8-2-1-3-24-8/h1-3,6-7,9,11-12,15,21-23H,4-5H2,(H,16,17,18)/t9-,11-,12+,15+/m0/s1. The first-order valence-electron chi connectivity index (χ1n) is 7.75. The van der Waals surface area contributed by atoms with Crippen LogP contribution in [0, 0.1) is 0 Å². The highest BCUT2D eigenvalue weighted by Crippen LogP contribution is 2.32. The number of nitrogens with one attached hydrogen (secondary N) is 1. The van der Waals surface area contributed by atoms with E-state index < -0.39 is 31.1 Å². The van der Waals surface area contributed by atoms with Gasteiger partial charge in [-0.2, -0.15) is 0 Å². The normalized spacial score (nSPS) is 26.4. The molecular weight excluding hydrogens is 330 g/mol. The molecule has 3 aromatic rings. The molecule has 1 aliphatic heterocycles. The van der Waals surface area contributed by atoms with Gasteiger partial charge in [0.05, 0.1) is 25.7 Å². The highest BCUT2D eigenvalue weighted by molar-refractivity contribution is 5.82. The first-order valence-corrected chi connectivity index (χ1v) is 7.75. The topological polar surface area (TPSA) is 139 Å². The summed E-state index contributed by atoms with van der Waals surface area (Å²) in [6, 6.07) is 3.63. The Morgan fingerprint density at radius 1 is 1.20 bits per heavy atom. The number of aliphatic hydroxyl groups excluding tert-OH is 3. The molecule has 10 heteroatoms. The van der Waals surface area contributed by atoms with Crippen LogP contribution in [0.4, 0.5) is 5.82 Å². The molecule has 1 fully saturated rings. The van der Waals surface area contributed by atoms with Crippen LogP contribution < -0.4 is 5.32 Å². The van der Waals surface area contributed by atoms with Gasteiger partial charge in [0.15, 0.2) is 23.2 Å². The largest absolute Gasteiger partial charge is 0.467 e. The van der Waals surface area contributed by atoms with Crippen molar-refractivity contribution in [3.63, 3.8) is 0 Å². The summed E-state index contributed by atoms with van der Waals surface area (Å²) in [5, 5.41) is 32.4. The van der Waals surface area contributed by atoms with Crippen LogP contribution in [0.3, 0.4) is 0 Å². The second kappa shape index (κ2) is 6.41. The summed E-state index contributed by atoms with van der Waals surface area (Å²) in [6.07, 6.45) is 0.253. The Morgan fingerprint density at radius 2 is 2.08 bits per heavy atom. The number of imidazole rings is 1. The highest BCUT2D eigenvalue weighted by atomic mass is 16.6. The predicted octanol–water partition coefficient (Wildman–Crippen LogP) is -0.357. The Bertz CT molecular complexity index is 851. The summed E-state index contributed by atoms with van der Waals surface area (Å²) in [5.41, 5.74) is 0.929. The van der Waals surface area contributed by atoms with Crippen LogP contribution in [0.5, 0.6) is 0 Å². The van der Waals surface area contributed by atoms with Crippen LogP contribution in [0.15, 0.2) is 35.5 Å². The molecule has 0 aromatic carbocycles.